The molecular weight excluding hydrogens is 324 g/mol. The largest absolute Gasteiger partial charge is 0.334 e. The van der Waals surface area contributed by atoms with Gasteiger partial charge in [-0.1, -0.05) is 30.0 Å². The zero-order chi connectivity index (χ0) is 17.5. The van der Waals surface area contributed by atoms with Crippen LogP contribution in [-0.2, 0) is 4.79 Å². The Balaban J connectivity index is 2.01. The van der Waals surface area contributed by atoms with Crippen LogP contribution >= 0.6 is 11.8 Å². The fraction of sp³-hybridized carbons (Fsp3) is 0.235. The molecule has 0 bridgehead atoms. The molecule has 0 aliphatic rings. The number of thioether (sulfide) groups is 1. The van der Waals surface area contributed by atoms with Gasteiger partial charge in [-0.2, -0.15) is 0 Å². The molecule has 0 radical (unpaired) electrons. The van der Waals surface area contributed by atoms with Crippen molar-refractivity contribution in [2.75, 3.05) is 12.3 Å². The fourth-order valence-electron chi connectivity index (χ4n) is 2.08. The van der Waals surface area contributed by atoms with E-state index in [-0.39, 0.29) is 11.7 Å². The standard InChI is InChI=1S/C17H20N4O2S/c1-4-8-18-16(23)20-15(22)11-24-17-19-9-10-21(17)14-7-5-6-12(2)13(14)3/h4-7,9-10H,1,8,11H2,2-3H3,(H2,18,20,22,23). The van der Waals surface area contributed by atoms with Crippen molar-refractivity contribution in [3.8, 4) is 5.69 Å². The minimum Gasteiger partial charge on any atom is -0.334 e. The average molecular weight is 344 g/mol. The normalized spacial score (nSPS) is 10.2. The summed E-state index contributed by atoms with van der Waals surface area (Å²) >= 11 is 1.28. The second-order valence-electron chi connectivity index (χ2n) is 5.13. The molecule has 6 nitrogen and oxygen atoms in total. The van der Waals surface area contributed by atoms with Crippen LogP contribution in [0.2, 0.25) is 0 Å². The summed E-state index contributed by atoms with van der Waals surface area (Å²) < 4.78 is 1.94. The smallest absolute Gasteiger partial charge is 0.321 e. The highest BCUT2D eigenvalue weighted by molar-refractivity contribution is 7.99. The topological polar surface area (TPSA) is 76.0 Å². The molecule has 2 aromatic rings. The number of aryl methyl sites for hydroxylation is 1. The third-order valence-corrected chi connectivity index (χ3v) is 4.40. The van der Waals surface area contributed by atoms with Crippen LogP contribution in [0.1, 0.15) is 11.1 Å². The first-order valence-electron chi connectivity index (χ1n) is 7.44. The van der Waals surface area contributed by atoms with Gasteiger partial charge in [-0.25, -0.2) is 9.78 Å². The minimum absolute atomic E-state index is 0.101. The van der Waals surface area contributed by atoms with Gasteiger partial charge in [-0.3, -0.25) is 14.7 Å². The van der Waals surface area contributed by atoms with Crippen molar-refractivity contribution in [2.45, 2.75) is 19.0 Å². The second kappa shape index (κ2) is 8.35. The molecule has 3 amide bonds. The van der Waals surface area contributed by atoms with Gasteiger partial charge >= 0.3 is 6.03 Å². The Morgan fingerprint density at radius 1 is 1.38 bits per heavy atom. The molecule has 0 spiro atoms. The highest BCUT2D eigenvalue weighted by Gasteiger charge is 2.12. The predicted octanol–water partition coefficient (Wildman–Crippen LogP) is 2.59. The van der Waals surface area contributed by atoms with Crippen LogP contribution in [0.3, 0.4) is 0 Å². The number of carbonyl (C=O) groups excluding carboxylic acids is 2. The van der Waals surface area contributed by atoms with Crippen molar-refractivity contribution >= 4 is 23.7 Å². The van der Waals surface area contributed by atoms with Crippen molar-refractivity contribution in [3.63, 3.8) is 0 Å². The van der Waals surface area contributed by atoms with Gasteiger partial charge in [0.2, 0.25) is 5.91 Å². The number of aromatic nitrogens is 2. The van der Waals surface area contributed by atoms with E-state index < -0.39 is 6.03 Å². The summed E-state index contributed by atoms with van der Waals surface area (Å²) in [5, 5.41) is 5.45. The van der Waals surface area contributed by atoms with Crippen molar-refractivity contribution in [3.05, 3.63) is 54.4 Å². The molecule has 2 rings (SSSR count). The number of imide groups is 1. The number of nitrogens with one attached hydrogen (secondary N) is 2. The molecule has 126 valence electrons. The summed E-state index contributed by atoms with van der Waals surface area (Å²) in [5.41, 5.74) is 3.37. The SMILES string of the molecule is C=CCNC(=O)NC(=O)CSc1nccn1-c1cccc(C)c1C. The predicted molar refractivity (Wildman–Crippen MR) is 95.5 cm³/mol. The number of nitrogens with zero attached hydrogens (tertiary/aromatic N) is 2. The number of urea groups is 1. The van der Waals surface area contributed by atoms with Gasteiger partial charge < -0.3 is 5.32 Å². The Kier molecular flexibility index (Phi) is 6.20. The molecule has 1 heterocycles. The molecule has 1 aromatic carbocycles. The first kappa shape index (κ1) is 17.8. The monoisotopic (exact) mass is 344 g/mol. The summed E-state index contributed by atoms with van der Waals surface area (Å²) in [6, 6.07) is 5.52. The Labute approximate surface area is 145 Å². The number of benzene rings is 1. The lowest BCUT2D eigenvalue weighted by atomic mass is 10.1. The van der Waals surface area contributed by atoms with Crippen LogP contribution in [0.4, 0.5) is 4.79 Å². The maximum atomic E-state index is 11.8. The molecule has 0 saturated heterocycles. The van der Waals surface area contributed by atoms with Crippen molar-refractivity contribution in [2.24, 2.45) is 0 Å². The van der Waals surface area contributed by atoms with Gasteiger partial charge in [0.1, 0.15) is 0 Å². The first-order chi connectivity index (χ1) is 11.5. The molecule has 0 unspecified atom stereocenters. The number of hydrogen-bond donors (Lipinski definition) is 2. The van der Waals surface area contributed by atoms with Crippen LogP contribution in [0, 0.1) is 13.8 Å². The molecule has 0 aliphatic heterocycles. The quantitative estimate of drug-likeness (QED) is 0.624. The number of hydrogen-bond acceptors (Lipinski definition) is 4. The van der Waals surface area contributed by atoms with Crippen LogP contribution in [0.15, 0.2) is 48.4 Å². The van der Waals surface area contributed by atoms with E-state index in [2.05, 4.69) is 42.1 Å². The molecule has 7 heteroatoms. The lowest BCUT2D eigenvalue weighted by Crippen LogP contribution is -2.40. The third kappa shape index (κ3) is 4.48. The van der Waals surface area contributed by atoms with Gasteiger partial charge in [-0.05, 0) is 31.0 Å². The molecule has 0 atom stereocenters. The molecule has 0 saturated carbocycles. The van der Waals surface area contributed by atoms with E-state index in [1.807, 2.05) is 22.9 Å². The Bertz CT molecular complexity index is 755. The lowest BCUT2D eigenvalue weighted by molar-refractivity contribution is -0.117. The summed E-state index contributed by atoms with van der Waals surface area (Å²) in [4.78, 5) is 27.5. The minimum atomic E-state index is -0.529. The van der Waals surface area contributed by atoms with Crippen LogP contribution < -0.4 is 10.6 Å². The Morgan fingerprint density at radius 3 is 2.92 bits per heavy atom. The zero-order valence-electron chi connectivity index (χ0n) is 13.7. The van der Waals surface area contributed by atoms with E-state index in [1.165, 1.54) is 17.3 Å². The number of carbonyl (C=O) groups is 2. The highest BCUT2D eigenvalue weighted by atomic mass is 32.2. The molecule has 1 aromatic heterocycles. The van der Waals surface area contributed by atoms with Gasteiger partial charge in [-0.15, -0.1) is 6.58 Å². The van der Waals surface area contributed by atoms with Gasteiger partial charge in [0.05, 0.1) is 11.4 Å². The van der Waals surface area contributed by atoms with E-state index in [0.717, 1.165) is 11.3 Å². The molecule has 24 heavy (non-hydrogen) atoms. The Morgan fingerprint density at radius 2 is 2.17 bits per heavy atom. The summed E-state index contributed by atoms with van der Waals surface area (Å²) in [7, 11) is 0. The maximum Gasteiger partial charge on any atom is 0.321 e. The average Bonchev–Trinajstić information content (AvgIpc) is 3.02. The summed E-state index contributed by atoms with van der Waals surface area (Å²) in [6.45, 7) is 7.90. The highest BCUT2D eigenvalue weighted by Crippen LogP contribution is 2.24. The summed E-state index contributed by atoms with van der Waals surface area (Å²) in [6.07, 6.45) is 5.09. The van der Waals surface area contributed by atoms with Crippen molar-refractivity contribution in [1.29, 1.82) is 0 Å². The van der Waals surface area contributed by atoms with Gasteiger partial charge in [0.15, 0.2) is 5.16 Å². The number of imidazole rings is 1. The van der Waals surface area contributed by atoms with Gasteiger partial charge in [0.25, 0.3) is 0 Å². The van der Waals surface area contributed by atoms with E-state index in [0.29, 0.717) is 11.7 Å². The van der Waals surface area contributed by atoms with E-state index in [4.69, 9.17) is 0 Å². The second-order valence-corrected chi connectivity index (χ2v) is 6.08. The summed E-state index contributed by atoms with van der Waals surface area (Å²) in [5.74, 6) is -0.277. The molecule has 0 fully saturated rings. The Hall–Kier alpha value is -2.54. The van der Waals surface area contributed by atoms with E-state index >= 15 is 0 Å². The number of rotatable bonds is 6. The molecule has 2 N–H and O–H groups in total. The molecule has 0 aliphatic carbocycles. The third-order valence-electron chi connectivity index (χ3n) is 3.43. The van der Waals surface area contributed by atoms with Crippen LogP contribution in [0.5, 0.6) is 0 Å². The van der Waals surface area contributed by atoms with Crippen molar-refractivity contribution in [1.82, 2.24) is 20.2 Å². The zero-order valence-corrected chi connectivity index (χ0v) is 14.5. The first-order valence-corrected chi connectivity index (χ1v) is 8.42. The van der Waals surface area contributed by atoms with E-state index in [9.17, 15) is 9.59 Å². The fourth-order valence-corrected chi connectivity index (χ4v) is 2.84. The number of amides is 3. The van der Waals surface area contributed by atoms with E-state index in [1.54, 1.807) is 12.3 Å². The van der Waals surface area contributed by atoms with Crippen molar-refractivity contribution < 1.29 is 9.59 Å². The molecular formula is C17H20N4O2S. The lowest BCUT2D eigenvalue weighted by Gasteiger charge is -2.12. The van der Waals surface area contributed by atoms with Gasteiger partial charge in [0, 0.05) is 18.9 Å². The maximum absolute atomic E-state index is 11.8. The van der Waals surface area contributed by atoms with Crippen LogP contribution in [-0.4, -0.2) is 33.8 Å². The van der Waals surface area contributed by atoms with Crippen LogP contribution in [0.25, 0.3) is 5.69 Å².